The molecule has 154 valence electrons. The van der Waals surface area contributed by atoms with Gasteiger partial charge in [-0.05, 0) is 80.8 Å². The van der Waals surface area contributed by atoms with Gasteiger partial charge in [-0.3, -0.25) is 4.79 Å². The fourth-order valence-electron chi connectivity index (χ4n) is 3.41. The number of benzene rings is 1. The molecule has 29 heavy (non-hydrogen) atoms. The molecule has 2 rings (SSSR count). The van der Waals surface area contributed by atoms with E-state index in [0.717, 1.165) is 12.0 Å². The number of phenolic OH excluding ortho intramolecular Hbond substituents is 1. The van der Waals surface area contributed by atoms with Crippen LogP contribution in [0.3, 0.4) is 0 Å². The van der Waals surface area contributed by atoms with E-state index in [1.165, 1.54) is 30.1 Å². The van der Waals surface area contributed by atoms with E-state index >= 15 is 0 Å². The van der Waals surface area contributed by atoms with Crippen molar-refractivity contribution in [3.8, 4) is 5.75 Å². The molecule has 0 radical (unpaired) electrons. The number of aromatic hydroxyl groups is 1. The van der Waals surface area contributed by atoms with E-state index in [-0.39, 0.29) is 11.1 Å². The minimum atomic E-state index is -0.743. The van der Waals surface area contributed by atoms with Gasteiger partial charge in [0.2, 0.25) is 5.91 Å². The number of carbonyl (C=O) groups is 1. The first-order chi connectivity index (χ1) is 15.3. The van der Waals surface area contributed by atoms with E-state index in [9.17, 15) is 9.90 Å². The predicted octanol–water partition coefficient (Wildman–Crippen LogP) is 6.86. The highest BCUT2D eigenvalue weighted by molar-refractivity contribution is 5.99. The number of amides is 1. The van der Waals surface area contributed by atoms with E-state index in [0.29, 0.717) is 5.57 Å². The fourth-order valence-corrected chi connectivity index (χ4v) is 3.41. The van der Waals surface area contributed by atoms with Crippen LogP contribution < -0.4 is 5.32 Å². The van der Waals surface area contributed by atoms with Crippen molar-refractivity contribution in [3.05, 3.63) is 82.9 Å². The smallest absolute Gasteiger partial charge is 0.248 e. The normalized spacial score (nSPS) is 19.9. The van der Waals surface area contributed by atoms with Crippen LogP contribution >= 0.6 is 0 Å². The summed E-state index contributed by atoms with van der Waals surface area (Å²) in [6.45, 7) is 10.6. The molecule has 0 saturated heterocycles. The maximum atomic E-state index is 12.3. The van der Waals surface area contributed by atoms with Crippen LogP contribution in [0.5, 0.6) is 5.75 Å². The van der Waals surface area contributed by atoms with Crippen LogP contribution in [-0.4, -0.2) is 11.0 Å². The topological polar surface area (TPSA) is 49.3 Å². The SMILES string of the molecule is [2H]c1c([2H])c(NC(=O)/C=C(C)/C=C/C=C(C)/C=C/C2=C(C)CCCC2(C)C)c([2H])c([2H])c1O. The second kappa shape index (κ2) is 10.1. The van der Waals surface area contributed by atoms with Crippen LogP contribution in [0.25, 0.3) is 0 Å². The maximum Gasteiger partial charge on any atom is 0.248 e. The van der Waals surface area contributed by atoms with Crippen LogP contribution in [0.2, 0.25) is 0 Å². The Bertz CT molecular complexity index is 1060. The largest absolute Gasteiger partial charge is 0.508 e. The first kappa shape index (κ1) is 17.1. The Morgan fingerprint density at radius 3 is 2.52 bits per heavy atom. The molecule has 1 aliphatic rings. The van der Waals surface area contributed by atoms with Crippen LogP contribution in [-0.2, 0) is 4.79 Å². The van der Waals surface area contributed by atoms with Gasteiger partial charge in [0.1, 0.15) is 5.75 Å². The zero-order valence-corrected chi connectivity index (χ0v) is 17.9. The van der Waals surface area contributed by atoms with E-state index in [1.54, 1.807) is 13.0 Å². The van der Waals surface area contributed by atoms with Gasteiger partial charge in [0.05, 0.1) is 5.48 Å². The number of hydrogen-bond donors (Lipinski definition) is 2. The molecule has 0 fully saturated rings. The van der Waals surface area contributed by atoms with Gasteiger partial charge in [-0.25, -0.2) is 0 Å². The zero-order chi connectivity index (χ0) is 24.9. The average Bonchev–Trinajstić information content (AvgIpc) is 2.73. The lowest BCUT2D eigenvalue weighted by molar-refractivity contribution is -0.111. The van der Waals surface area contributed by atoms with Gasteiger partial charge in [-0.1, -0.05) is 55.4 Å². The van der Waals surface area contributed by atoms with Crippen LogP contribution in [0, 0.1) is 5.41 Å². The molecule has 1 aliphatic carbocycles. The molecule has 3 nitrogen and oxygen atoms in total. The summed E-state index contributed by atoms with van der Waals surface area (Å²) in [5, 5.41) is 12.0. The summed E-state index contributed by atoms with van der Waals surface area (Å²) >= 11 is 0. The number of rotatable bonds is 6. The maximum absolute atomic E-state index is 12.3. The van der Waals surface area contributed by atoms with Gasteiger partial charge in [0, 0.05) is 11.8 Å². The van der Waals surface area contributed by atoms with Crippen molar-refractivity contribution in [2.75, 3.05) is 5.32 Å². The number of allylic oxidation sites excluding steroid dienone is 9. The molecular weight excluding hydrogens is 358 g/mol. The molecule has 2 N–H and O–H groups in total. The van der Waals surface area contributed by atoms with Gasteiger partial charge in [0.25, 0.3) is 0 Å². The molecule has 1 aromatic carbocycles. The second-order valence-electron chi connectivity index (χ2n) is 8.14. The molecule has 0 bridgehead atoms. The Hall–Kier alpha value is -2.81. The van der Waals surface area contributed by atoms with Gasteiger partial charge >= 0.3 is 0 Å². The molecule has 0 spiro atoms. The first-order valence-electron chi connectivity index (χ1n) is 11.9. The van der Waals surface area contributed by atoms with Crippen LogP contribution in [0.4, 0.5) is 5.69 Å². The quantitative estimate of drug-likeness (QED) is 0.314. The minimum absolute atomic E-state index is 0.193. The molecule has 0 heterocycles. The highest BCUT2D eigenvalue weighted by Gasteiger charge is 2.26. The monoisotopic (exact) mass is 395 g/mol. The summed E-state index contributed by atoms with van der Waals surface area (Å²) < 4.78 is 31.0. The highest BCUT2D eigenvalue weighted by atomic mass is 16.3. The molecule has 0 aliphatic heterocycles. The summed E-state index contributed by atoms with van der Waals surface area (Å²) in [4.78, 5) is 12.3. The molecule has 0 aromatic heterocycles. The lowest BCUT2D eigenvalue weighted by Crippen LogP contribution is -2.19. The average molecular weight is 396 g/mol. The standard InChI is InChI=1S/C26H33NO2/c1-19(11-16-24-21(3)10-7-17-26(24,4)5)8-6-9-20(2)18-25(29)27-22-12-14-23(28)15-13-22/h6,8-9,11-16,18,28H,7,10,17H2,1-5H3,(H,27,29)/b9-6+,16-11+,19-8+,20-18+/i12D,13D,14D,15D. The van der Waals surface area contributed by atoms with Crippen molar-refractivity contribution in [1.29, 1.82) is 0 Å². The predicted molar refractivity (Wildman–Crippen MR) is 123 cm³/mol. The molecule has 1 amide bonds. The lowest BCUT2D eigenvalue weighted by atomic mass is 9.72. The molecule has 3 heteroatoms. The third-order valence-corrected chi connectivity index (χ3v) is 4.99. The van der Waals surface area contributed by atoms with E-state index in [1.807, 2.05) is 19.1 Å². The molecular formula is C26H33NO2. The molecule has 0 saturated carbocycles. The molecule has 0 atom stereocenters. The molecule has 0 unspecified atom stereocenters. The van der Waals surface area contributed by atoms with Crippen molar-refractivity contribution >= 4 is 11.6 Å². The van der Waals surface area contributed by atoms with Gasteiger partial charge in [-0.15, -0.1) is 0 Å². The Kier molecular flexibility index (Phi) is 5.95. The van der Waals surface area contributed by atoms with Crippen molar-refractivity contribution < 1.29 is 15.4 Å². The summed E-state index contributed by atoms with van der Waals surface area (Å²) in [5.41, 5.74) is 4.52. The van der Waals surface area contributed by atoms with Crippen molar-refractivity contribution in [1.82, 2.24) is 0 Å². The van der Waals surface area contributed by atoms with Crippen LogP contribution in [0.1, 0.15) is 59.4 Å². The second-order valence-corrected chi connectivity index (χ2v) is 8.14. The number of phenols is 1. The summed E-state index contributed by atoms with van der Waals surface area (Å²) in [7, 11) is 0. The van der Waals surface area contributed by atoms with Gasteiger partial charge < -0.3 is 10.4 Å². The summed E-state index contributed by atoms with van der Waals surface area (Å²) in [6.07, 6.45) is 14.8. The van der Waals surface area contributed by atoms with E-state index < -0.39 is 35.8 Å². The lowest BCUT2D eigenvalue weighted by Gasteiger charge is -2.32. The van der Waals surface area contributed by atoms with Crippen molar-refractivity contribution in [2.24, 2.45) is 5.41 Å². The molecule has 1 aromatic rings. The first-order valence-corrected chi connectivity index (χ1v) is 9.87. The number of anilines is 1. The Balaban J connectivity index is 2.08. The van der Waals surface area contributed by atoms with E-state index in [4.69, 9.17) is 5.48 Å². The van der Waals surface area contributed by atoms with Gasteiger partial charge in [0.15, 0.2) is 0 Å². The Morgan fingerprint density at radius 2 is 1.86 bits per heavy atom. The Morgan fingerprint density at radius 1 is 1.17 bits per heavy atom. The van der Waals surface area contributed by atoms with E-state index in [2.05, 4.69) is 38.2 Å². The fraction of sp³-hybridized carbons (Fsp3) is 0.346. The Labute approximate surface area is 180 Å². The zero-order valence-electron chi connectivity index (χ0n) is 21.9. The summed E-state index contributed by atoms with van der Waals surface area (Å²) in [5.74, 6) is -1.32. The minimum Gasteiger partial charge on any atom is -0.508 e. The number of nitrogens with one attached hydrogen (secondary N) is 1. The van der Waals surface area contributed by atoms with Crippen LogP contribution in [0.15, 0.2) is 82.9 Å². The number of hydrogen-bond acceptors (Lipinski definition) is 2. The van der Waals surface area contributed by atoms with Crippen molar-refractivity contribution in [3.63, 3.8) is 0 Å². The van der Waals surface area contributed by atoms with Crippen molar-refractivity contribution in [2.45, 2.75) is 53.9 Å². The van der Waals surface area contributed by atoms with Gasteiger partial charge in [-0.2, -0.15) is 0 Å². The number of carbonyl (C=O) groups excluding carboxylic acids is 1. The third kappa shape index (κ3) is 7.26. The summed E-state index contributed by atoms with van der Waals surface area (Å²) in [6, 6.07) is -2.19. The third-order valence-electron chi connectivity index (χ3n) is 4.99. The highest BCUT2D eigenvalue weighted by Crippen LogP contribution is 2.40.